The summed E-state index contributed by atoms with van der Waals surface area (Å²) in [6.07, 6.45) is 1.70. The highest BCUT2D eigenvalue weighted by atomic mass is 32.1. The van der Waals surface area contributed by atoms with Crippen molar-refractivity contribution < 1.29 is 28.9 Å². The molecular formula is C24H22N2O7S2. The molecule has 0 radical (unpaired) electrons. The van der Waals surface area contributed by atoms with Crippen molar-refractivity contribution in [1.29, 1.82) is 0 Å². The summed E-state index contributed by atoms with van der Waals surface area (Å²) in [4.78, 5) is 43.0. The van der Waals surface area contributed by atoms with Gasteiger partial charge >= 0.3 is 11.9 Å². The molecule has 2 aromatic heterocycles. The number of carbonyl (C=O) groups excluding carboxylic acids is 1. The molecule has 9 nitrogen and oxygen atoms in total. The second kappa shape index (κ2) is 10.3. The fourth-order valence-corrected chi connectivity index (χ4v) is 5.56. The van der Waals surface area contributed by atoms with Crippen LogP contribution in [0.2, 0.25) is 0 Å². The highest BCUT2D eigenvalue weighted by Gasteiger charge is 2.33. The molecule has 0 spiro atoms. The van der Waals surface area contributed by atoms with Gasteiger partial charge in [0.05, 0.1) is 29.5 Å². The molecule has 4 rings (SSSR count). The third kappa shape index (κ3) is 4.91. The average Bonchev–Trinajstić information content (AvgIpc) is 3.46. The average molecular weight is 515 g/mol. The van der Waals surface area contributed by atoms with E-state index in [1.165, 1.54) is 34.4 Å². The predicted octanol–water partition coefficient (Wildman–Crippen LogP) is 2.33. The van der Waals surface area contributed by atoms with Gasteiger partial charge in [-0.2, -0.15) is 0 Å². The molecule has 1 N–H and O–H groups in total. The van der Waals surface area contributed by atoms with E-state index in [4.69, 9.17) is 19.3 Å². The zero-order valence-electron chi connectivity index (χ0n) is 19.1. The number of thiophene rings is 1. The molecular weight excluding hydrogens is 492 g/mol. The molecule has 11 heteroatoms. The van der Waals surface area contributed by atoms with Gasteiger partial charge in [0.1, 0.15) is 6.04 Å². The topological polar surface area (TPSA) is 116 Å². The predicted molar refractivity (Wildman–Crippen MR) is 131 cm³/mol. The monoisotopic (exact) mass is 514 g/mol. The number of hydrogen-bond acceptors (Lipinski definition) is 9. The summed E-state index contributed by atoms with van der Waals surface area (Å²) in [6.45, 7) is 3.18. The Kier molecular flexibility index (Phi) is 7.17. The molecule has 1 aliphatic heterocycles. The number of thiazole rings is 1. The van der Waals surface area contributed by atoms with Crippen LogP contribution in [0.15, 0.2) is 56.8 Å². The summed E-state index contributed by atoms with van der Waals surface area (Å²) in [7, 11) is 1.45. The summed E-state index contributed by atoms with van der Waals surface area (Å²) in [5.74, 6) is -0.983. The van der Waals surface area contributed by atoms with E-state index in [0.717, 1.165) is 4.88 Å². The van der Waals surface area contributed by atoms with E-state index in [0.29, 0.717) is 31.9 Å². The van der Waals surface area contributed by atoms with E-state index < -0.39 is 24.6 Å². The van der Waals surface area contributed by atoms with Crippen LogP contribution in [0.1, 0.15) is 30.3 Å². The minimum Gasteiger partial charge on any atom is -0.493 e. The maximum atomic E-state index is 13.5. The van der Waals surface area contributed by atoms with Crippen molar-refractivity contribution in [2.24, 2.45) is 4.99 Å². The molecule has 0 bridgehead atoms. The number of esters is 1. The fraction of sp³-hybridized carbons (Fsp3) is 0.250. The number of allylic oxidation sites excluding steroid dienone is 1. The van der Waals surface area contributed by atoms with E-state index in [2.05, 4.69) is 4.99 Å². The maximum Gasteiger partial charge on any atom is 0.341 e. The Morgan fingerprint density at radius 1 is 1.26 bits per heavy atom. The van der Waals surface area contributed by atoms with E-state index >= 15 is 0 Å². The largest absolute Gasteiger partial charge is 0.493 e. The molecule has 1 aliphatic rings. The van der Waals surface area contributed by atoms with Gasteiger partial charge < -0.3 is 19.3 Å². The van der Waals surface area contributed by atoms with E-state index in [1.54, 1.807) is 38.1 Å². The van der Waals surface area contributed by atoms with Crippen LogP contribution in [-0.2, 0) is 14.3 Å². The molecule has 0 saturated heterocycles. The van der Waals surface area contributed by atoms with Crippen molar-refractivity contribution in [1.82, 2.24) is 4.57 Å². The van der Waals surface area contributed by atoms with Gasteiger partial charge in [0.25, 0.3) is 5.56 Å². The Balaban J connectivity index is 1.82. The summed E-state index contributed by atoms with van der Waals surface area (Å²) in [6, 6.07) is 8.06. The Labute approximate surface area is 207 Å². The van der Waals surface area contributed by atoms with E-state index in [-0.39, 0.29) is 17.9 Å². The molecule has 3 aromatic rings. The van der Waals surface area contributed by atoms with Crippen LogP contribution in [-0.4, -0.2) is 41.9 Å². The minimum atomic E-state index is -1.10. The minimum absolute atomic E-state index is 0.213. The molecule has 35 heavy (non-hydrogen) atoms. The Morgan fingerprint density at radius 2 is 2.06 bits per heavy atom. The van der Waals surface area contributed by atoms with E-state index in [9.17, 15) is 14.4 Å². The first kappa shape index (κ1) is 24.4. The number of carboxylic acids is 1. The first-order chi connectivity index (χ1) is 16.8. The molecule has 1 aromatic carbocycles. The van der Waals surface area contributed by atoms with Gasteiger partial charge in [-0.25, -0.2) is 14.6 Å². The lowest BCUT2D eigenvalue weighted by Crippen LogP contribution is -2.39. The Hall–Kier alpha value is -3.70. The van der Waals surface area contributed by atoms with E-state index in [1.807, 2.05) is 17.5 Å². The fourth-order valence-electron chi connectivity index (χ4n) is 3.69. The van der Waals surface area contributed by atoms with Crippen LogP contribution < -0.4 is 24.4 Å². The van der Waals surface area contributed by atoms with Crippen molar-refractivity contribution in [3.8, 4) is 11.5 Å². The number of aromatic nitrogens is 1. The molecule has 182 valence electrons. The molecule has 0 amide bonds. The van der Waals surface area contributed by atoms with Gasteiger partial charge in [-0.1, -0.05) is 23.5 Å². The molecule has 3 heterocycles. The smallest absolute Gasteiger partial charge is 0.341 e. The van der Waals surface area contributed by atoms with Crippen LogP contribution in [0.5, 0.6) is 11.5 Å². The number of carboxylic acid groups (broad SMARTS) is 1. The van der Waals surface area contributed by atoms with Crippen molar-refractivity contribution in [2.45, 2.75) is 19.9 Å². The molecule has 0 saturated carbocycles. The van der Waals surface area contributed by atoms with Crippen molar-refractivity contribution in [2.75, 3.05) is 20.3 Å². The van der Waals surface area contributed by atoms with Gasteiger partial charge in [-0.15, -0.1) is 11.3 Å². The number of carbonyl (C=O) groups is 2. The molecule has 1 atom stereocenters. The highest BCUT2D eigenvalue weighted by Crippen LogP contribution is 2.33. The number of methoxy groups -OCH3 is 1. The van der Waals surface area contributed by atoms with Gasteiger partial charge in [-0.05, 0) is 49.1 Å². The first-order valence-corrected chi connectivity index (χ1v) is 12.3. The molecule has 0 unspecified atom stereocenters. The number of benzene rings is 1. The quantitative estimate of drug-likeness (QED) is 0.459. The summed E-state index contributed by atoms with van der Waals surface area (Å²) < 4.78 is 17.8. The summed E-state index contributed by atoms with van der Waals surface area (Å²) in [5.41, 5.74) is 1.22. The number of aliphatic carboxylic acids is 1. The zero-order chi connectivity index (χ0) is 25.1. The number of ether oxygens (including phenoxy) is 3. The van der Waals surface area contributed by atoms with Crippen molar-refractivity contribution >= 4 is 40.7 Å². The second-order valence-electron chi connectivity index (χ2n) is 7.41. The van der Waals surface area contributed by atoms with Gasteiger partial charge in [0, 0.05) is 4.88 Å². The number of hydrogen-bond donors (Lipinski definition) is 1. The summed E-state index contributed by atoms with van der Waals surface area (Å²) in [5, 5.41) is 10.7. The lowest BCUT2D eigenvalue weighted by Gasteiger charge is -2.23. The number of rotatable bonds is 8. The number of fused-ring (bicyclic) bond motifs is 1. The van der Waals surface area contributed by atoms with Crippen LogP contribution in [0.3, 0.4) is 0 Å². The lowest BCUT2D eigenvalue weighted by molar-refractivity contribution is -0.140. The Bertz CT molecular complexity index is 1480. The van der Waals surface area contributed by atoms with Crippen LogP contribution >= 0.6 is 22.7 Å². The standard InChI is InChI=1S/C24H22N2O7S2/c1-4-32-23(30)20-13(2)25-24-26(21(20)17-6-5-9-34-17)22(29)18(35-24)11-14-7-8-15(16(10-14)31-3)33-12-19(27)28/h5-11,21H,4,12H2,1-3H3,(H,27,28)/b18-11+/t21-/m0/s1. The third-order valence-corrected chi connectivity index (χ3v) is 7.07. The van der Waals surface area contributed by atoms with Crippen molar-refractivity contribution in [3.05, 3.63) is 77.1 Å². The van der Waals surface area contributed by atoms with Gasteiger partial charge in [0.15, 0.2) is 22.9 Å². The van der Waals surface area contributed by atoms with Crippen LogP contribution in [0, 0.1) is 0 Å². The van der Waals surface area contributed by atoms with Gasteiger partial charge in [0.2, 0.25) is 0 Å². The zero-order valence-corrected chi connectivity index (χ0v) is 20.8. The Morgan fingerprint density at radius 3 is 2.71 bits per heavy atom. The molecule has 0 aliphatic carbocycles. The first-order valence-electron chi connectivity index (χ1n) is 10.6. The normalized spacial score (nSPS) is 15.4. The van der Waals surface area contributed by atoms with Gasteiger partial charge in [-0.3, -0.25) is 9.36 Å². The maximum absolute atomic E-state index is 13.5. The second-order valence-corrected chi connectivity index (χ2v) is 9.40. The SMILES string of the molecule is CCOC(=O)C1=C(C)N=c2s/c(=C/c3ccc(OCC(=O)O)c(OC)c3)c(=O)n2[C@H]1c1cccs1. The molecule has 0 fully saturated rings. The van der Waals surface area contributed by atoms with Crippen molar-refractivity contribution in [3.63, 3.8) is 0 Å². The van der Waals surface area contributed by atoms with Crippen LogP contribution in [0.4, 0.5) is 0 Å². The highest BCUT2D eigenvalue weighted by molar-refractivity contribution is 7.10. The summed E-state index contributed by atoms with van der Waals surface area (Å²) >= 11 is 2.67. The number of nitrogens with zero attached hydrogens (tertiary/aromatic N) is 2. The third-order valence-electron chi connectivity index (χ3n) is 5.17. The van der Waals surface area contributed by atoms with Crippen LogP contribution in [0.25, 0.3) is 6.08 Å². The lowest BCUT2D eigenvalue weighted by atomic mass is 10.0.